The Morgan fingerprint density at radius 2 is 1.94 bits per heavy atom. The first-order valence-corrected chi connectivity index (χ1v) is 12.1. The second-order valence-electron chi connectivity index (χ2n) is 8.20. The van der Waals surface area contributed by atoms with Crippen LogP contribution in [0.3, 0.4) is 0 Å². The summed E-state index contributed by atoms with van der Waals surface area (Å²) in [6, 6.07) is 4.16. The van der Waals surface area contributed by atoms with Crippen molar-refractivity contribution >= 4 is 46.1 Å². The van der Waals surface area contributed by atoms with Gasteiger partial charge in [0, 0.05) is 19.3 Å². The van der Waals surface area contributed by atoms with E-state index in [2.05, 4.69) is 25.8 Å². The van der Waals surface area contributed by atoms with Crippen molar-refractivity contribution < 1.29 is 22.8 Å². The Labute approximate surface area is 212 Å². The number of fused-ring (bicyclic) bond motifs is 1. The highest BCUT2D eigenvalue weighted by Gasteiger charge is 2.37. The number of nitrogens with one attached hydrogen (secondary N) is 2. The molecule has 0 aliphatic heterocycles. The third-order valence-corrected chi connectivity index (χ3v) is 6.27. The highest BCUT2D eigenvalue weighted by molar-refractivity contribution is 7.13. The minimum atomic E-state index is -4.79. The summed E-state index contributed by atoms with van der Waals surface area (Å²) < 4.78 is 43.5. The Balaban J connectivity index is 1.74. The van der Waals surface area contributed by atoms with Gasteiger partial charge in [-0.1, -0.05) is 31.5 Å². The van der Waals surface area contributed by atoms with Gasteiger partial charge in [0.05, 0.1) is 16.3 Å². The van der Waals surface area contributed by atoms with E-state index in [1.165, 1.54) is 22.2 Å². The molecule has 0 saturated carbocycles. The van der Waals surface area contributed by atoms with Gasteiger partial charge in [0.1, 0.15) is 5.02 Å². The minimum absolute atomic E-state index is 0.0418. The number of nitrogens with zero attached hydrogens (tertiary/aromatic N) is 5. The van der Waals surface area contributed by atoms with Crippen LogP contribution in [0.15, 0.2) is 29.8 Å². The zero-order valence-electron chi connectivity index (χ0n) is 19.4. The molecule has 4 aromatic heterocycles. The molecule has 0 radical (unpaired) electrons. The summed E-state index contributed by atoms with van der Waals surface area (Å²) in [5, 5.41) is 14.6. The summed E-state index contributed by atoms with van der Waals surface area (Å²) in [7, 11) is 0. The summed E-state index contributed by atoms with van der Waals surface area (Å²) in [5.74, 6) is -1.23. The van der Waals surface area contributed by atoms with Gasteiger partial charge in [-0.3, -0.25) is 14.3 Å². The lowest BCUT2D eigenvalue weighted by molar-refractivity contribution is -0.142. The van der Waals surface area contributed by atoms with Crippen LogP contribution in [-0.2, 0) is 12.7 Å². The zero-order valence-corrected chi connectivity index (χ0v) is 20.9. The highest BCUT2D eigenvalue weighted by atomic mass is 35.5. The number of carbonyl (C=O) groups is 2. The van der Waals surface area contributed by atoms with Gasteiger partial charge < -0.3 is 10.6 Å². The van der Waals surface area contributed by atoms with E-state index in [0.717, 1.165) is 6.07 Å². The van der Waals surface area contributed by atoms with Gasteiger partial charge in [0.15, 0.2) is 22.7 Å². The Kier molecular flexibility index (Phi) is 7.05. The van der Waals surface area contributed by atoms with Crippen molar-refractivity contribution in [2.24, 2.45) is 5.92 Å². The molecule has 0 saturated heterocycles. The van der Waals surface area contributed by atoms with E-state index in [0.29, 0.717) is 22.5 Å². The van der Waals surface area contributed by atoms with Crippen LogP contribution in [0.1, 0.15) is 47.4 Å². The van der Waals surface area contributed by atoms with E-state index >= 15 is 0 Å². The van der Waals surface area contributed by atoms with Gasteiger partial charge in [0.2, 0.25) is 0 Å². The fraction of sp³-hybridized carbons (Fsp3) is 0.318. The fourth-order valence-corrected chi connectivity index (χ4v) is 4.23. The lowest BCUT2D eigenvalue weighted by atomic mass is 10.2. The molecule has 4 aromatic rings. The van der Waals surface area contributed by atoms with Crippen molar-refractivity contribution in [2.45, 2.75) is 33.5 Å². The third kappa shape index (κ3) is 5.07. The Hall–Kier alpha value is -3.45. The molecule has 190 valence electrons. The van der Waals surface area contributed by atoms with E-state index in [1.54, 1.807) is 24.4 Å². The largest absolute Gasteiger partial charge is 0.433 e. The molecule has 0 spiro atoms. The molecule has 4 rings (SSSR count). The van der Waals surface area contributed by atoms with E-state index < -0.39 is 29.4 Å². The van der Waals surface area contributed by atoms with Crippen LogP contribution in [0, 0.1) is 5.92 Å². The molecular formula is C22H21ClF3N7O2S. The number of hydrogen-bond acceptors (Lipinski definition) is 6. The van der Waals surface area contributed by atoms with Crippen LogP contribution in [-0.4, -0.2) is 42.7 Å². The van der Waals surface area contributed by atoms with Gasteiger partial charge in [-0.05, 0) is 30.4 Å². The standard InChI is InChI=1S/C22H21ClF3N7O2S/c1-4-32-10-13(17(30-32)20(34)27-9-11(2)3)29-21(35)18-16(23)19-28-12(14-6-5-7-36-14)8-15(22(24,25)26)33(19)31-18/h5-8,10-11H,4,9H2,1-3H3,(H,27,34)(H,29,35). The van der Waals surface area contributed by atoms with Crippen LogP contribution < -0.4 is 10.6 Å². The lowest BCUT2D eigenvalue weighted by Gasteiger charge is -2.10. The number of aryl methyl sites for hydroxylation is 1. The minimum Gasteiger partial charge on any atom is -0.350 e. The Morgan fingerprint density at radius 1 is 1.19 bits per heavy atom. The molecule has 4 heterocycles. The van der Waals surface area contributed by atoms with Crippen molar-refractivity contribution in [1.29, 1.82) is 0 Å². The molecule has 0 aliphatic rings. The number of amides is 2. The number of alkyl halides is 3. The molecule has 0 aromatic carbocycles. The maximum atomic E-state index is 13.9. The van der Waals surface area contributed by atoms with Gasteiger partial charge in [-0.25, -0.2) is 9.50 Å². The van der Waals surface area contributed by atoms with Crippen LogP contribution in [0.4, 0.5) is 18.9 Å². The molecule has 0 atom stereocenters. The van der Waals surface area contributed by atoms with E-state index in [-0.39, 0.29) is 33.7 Å². The van der Waals surface area contributed by atoms with Gasteiger partial charge in [-0.2, -0.15) is 23.4 Å². The molecule has 0 aliphatic carbocycles. The first-order valence-electron chi connectivity index (χ1n) is 10.9. The van der Waals surface area contributed by atoms with Crippen molar-refractivity contribution in [1.82, 2.24) is 29.7 Å². The summed E-state index contributed by atoms with van der Waals surface area (Å²) in [6.07, 6.45) is -3.35. The maximum absolute atomic E-state index is 13.9. The number of anilines is 1. The Morgan fingerprint density at radius 3 is 2.56 bits per heavy atom. The normalized spacial score (nSPS) is 11.9. The van der Waals surface area contributed by atoms with E-state index in [1.807, 2.05) is 13.8 Å². The van der Waals surface area contributed by atoms with Crippen molar-refractivity contribution in [3.05, 3.63) is 51.9 Å². The van der Waals surface area contributed by atoms with Crippen molar-refractivity contribution in [3.8, 4) is 10.6 Å². The van der Waals surface area contributed by atoms with Gasteiger partial charge in [0.25, 0.3) is 11.8 Å². The molecule has 14 heteroatoms. The number of aromatic nitrogens is 5. The van der Waals surface area contributed by atoms with Crippen molar-refractivity contribution in [2.75, 3.05) is 11.9 Å². The predicted molar refractivity (Wildman–Crippen MR) is 129 cm³/mol. The van der Waals surface area contributed by atoms with Crippen LogP contribution >= 0.6 is 22.9 Å². The molecule has 36 heavy (non-hydrogen) atoms. The predicted octanol–water partition coefficient (Wildman–Crippen LogP) is 4.98. The fourth-order valence-electron chi connectivity index (χ4n) is 3.29. The highest BCUT2D eigenvalue weighted by Crippen LogP contribution is 2.35. The molecule has 9 nitrogen and oxygen atoms in total. The molecule has 2 amide bonds. The van der Waals surface area contributed by atoms with Gasteiger partial charge >= 0.3 is 6.18 Å². The average molecular weight is 540 g/mol. The number of carbonyl (C=O) groups excluding carboxylic acids is 2. The van der Waals surface area contributed by atoms with E-state index in [4.69, 9.17) is 11.6 Å². The molecule has 2 N–H and O–H groups in total. The van der Waals surface area contributed by atoms with Crippen LogP contribution in [0.5, 0.6) is 0 Å². The number of halogens is 4. The molecule has 0 bridgehead atoms. The molecular weight excluding hydrogens is 519 g/mol. The second kappa shape index (κ2) is 9.90. The number of rotatable bonds is 7. The van der Waals surface area contributed by atoms with Gasteiger partial charge in [-0.15, -0.1) is 11.3 Å². The number of thiophene rings is 1. The summed E-state index contributed by atoms with van der Waals surface area (Å²) in [6.45, 7) is 6.45. The quantitative estimate of drug-likeness (QED) is 0.344. The zero-order chi connectivity index (χ0) is 26.2. The topological polar surface area (TPSA) is 106 Å². The Bertz CT molecular complexity index is 1430. The first-order chi connectivity index (χ1) is 17.0. The summed E-state index contributed by atoms with van der Waals surface area (Å²) in [4.78, 5) is 30.4. The molecule has 0 unspecified atom stereocenters. The average Bonchev–Trinajstić information content (AvgIpc) is 3.55. The lowest BCUT2D eigenvalue weighted by Crippen LogP contribution is -2.29. The monoisotopic (exact) mass is 539 g/mol. The SMILES string of the molecule is CCn1cc(NC(=O)c2nn3c(C(F)(F)F)cc(-c4cccs4)nc3c2Cl)c(C(=O)NCC(C)C)n1. The van der Waals surface area contributed by atoms with E-state index in [9.17, 15) is 22.8 Å². The summed E-state index contributed by atoms with van der Waals surface area (Å²) >= 11 is 7.53. The van der Waals surface area contributed by atoms with Crippen LogP contribution in [0.25, 0.3) is 16.2 Å². The maximum Gasteiger partial charge on any atom is 0.433 e. The van der Waals surface area contributed by atoms with Crippen LogP contribution in [0.2, 0.25) is 5.02 Å². The first kappa shape index (κ1) is 25.6. The molecule has 0 fully saturated rings. The van der Waals surface area contributed by atoms with Crippen molar-refractivity contribution in [3.63, 3.8) is 0 Å². The number of hydrogen-bond donors (Lipinski definition) is 2. The smallest absolute Gasteiger partial charge is 0.350 e. The second-order valence-corrected chi connectivity index (χ2v) is 9.53. The summed E-state index contributed by atoms with van der Waals surface area (Å²) in [5.41, 5.74) is -1.86. The third-order valence-electron chi connectivity index (χ3n) is 5.03.